The molecule has 4 heteroatoms. The van der Waals surface area contributed by atoms with E-state index in [1.165, 1.54) is 0 Å². The van der Waals surface area contributed by atoms with Gasteiger partial charge in [0.05, 0.1) is 0 Å². The molecule has 0 unspecified atom stereocenters. The molecule has 4 nitrogen and oxygen atoms in total. The topological polar surface area (TPSA) is 41.1 Å². The number of hydrogen-bond donors (Lipinski definition) is 1. The third-order valence-corrected chi connectivity index (χ3v) is 3.20. The molecule has 0 amide bonds. The Hall–Kier alpha value is -1.94. The van der Waals surface area contributed by atoms with E-state index in [2.05, 4.69) is 53.1 Å². The van der Waals surface area contributed by atoms with Gasteiger partial charge >= 0.3 is 0 Å². The molecule has 1 heterocycles. The first kappa shape index (κ1) is 15.4. The van der Waals surface area contributed by atoms with Gasteiger partial charge < -0.3 is 10.2 Å². The lowest BCUT2D eigenvalue weighted by molar-refractivity contribution is 0.551. The van der Waals surface area contributed by atoms with Gasteiger partial charge in [-0.1, -0.05) is 32.0 Å². The van der Waals surface area contributed by atoms with Crippen LogP contribution in [0.2, 0.25) is 0 Å². The molecule has 0 spiro atoms. The van der Waals surface area contributed by atoms with E-state index in [0.717, 1.165) is 36.8 Å². The Bertz CT molecular complexity index is 522. The summed E-state index contributed by atoms with van der Waals surface area (Å²) >= 11 is 0. The lowest BCUT2D eigenvalue weighted by Crippen LogP contribution is -2.21. The van der Waals surface area contributed by atoms with E-state index in [1.807, 2.05) is 30.6 Å². The predicted molar refractivity (Wildman–Crippen MR) is 87.7 cm³/mol. The zero-order chi connectivity index (χ0) is 15.1. The number of hydrogen-bond acceptors (Lipinski definition) is 4. The molecular weight excluding hydrogens is 260 g/mol. The molecule has 0 saturated carbocycles. The molecule has 2 rings (SSSR count). The second-order valence-electron chi connectivity index (χ2n) is 5.50. The maximum Gasteiger partial charge on any atom is 0.229 e. The van der Waals surface area contributed by atoms with E-state index >= 15 is 0 Å². The highest BCUT2D eigenvalue weighted by Gasteiger charge is 2.09. The Kier molecular flexibility index (Phi) is 5.69. The summed E-state index contributed by atoms with van der Waals surface area (Å²) in [6.45, 7) is 9.17. The van der Waals surface area contributed by atoms with Crippen molar-refractivity contribution in [2.24, 2.45) is 5.92 Å². The SMILES string of the molecule is CCN(c1ccccc1)c1ncc(CNCC(C)C)cn1. The van der Waals surface area contributed by atoms with E-state index in [9.17, 15) is 0 Å². The maximum absolute atomic E-state index is 4.50. The van der Waals surface area contributed by atoms with Crippen LogP contribution in [0.4, 0.5) is 11.6 Å². The first-order chi connectivity index (χ1) is 10.2. The Morgan fingerprint density at radius 2 is 1.76 bits per heavy atom. The van der Waals surface area contributed by atoms with Crippen LogP contribution < -0.4 is 10.2 Å². The fraction of sp³-hybridized carbons (Fsp3) is 0.412. The van der Waals surface area contributed by atoms with E-state index in [4.69, 9.17) is 0 Å². The van der Waals surface area contributed by atoms with Gasteiger partial charge in [0.15, 0.2) is 0 Å². The third kappa shape index (κ3) is 4.53. The first-order valence-electron chi connectivity index (χ1n) is 7.55. The van der Waals surface area contributed by atoms with Crippen LogP contribution in [-0.4, -0.2) is 23.1 Å². The van der Waals surface area contributed by atoms with Crippen molar-refractivity contribution >= 4 is 11.6 Å². The molecule has 0 fully saturated rings. The number of nitrogens with zero attached hydrogens (tertiary/aromatic N) is 3. The Morgan fingerprint density at radius 3 is 2.33 bits per heavy atom. The van der Waals surface area contributed by atoms with Crippen molar-refractivity contribution in [1.29, 1.82) is 0 Å². The van der Waals surface area contributed by atoms with Gasteiger partial charge in [0.25, 0.3) is 0 Å². The summed E-state index contributed by atoms with van der Waals surface area (Å²) in [6.07, 6.45) is 3.81. The molecule has 1 aromatic heterocycles. The summed E-state index contributed by atoms with van der Waals surface area (Å²) in [5.41, 5.74) is 2.23. The van der Waals surface area contributed by atoms with Crippen molar-refractivity contribution in [3.63, 3.8) is 0 Å². The number of anilines is 2. The van der Waals surface area contributed by atoms with Crippen molar-refractivity contribution < 1.29 is 0 Å². The number of para-hydroxylation sites is 1. The van der Waals surface area contributed by atoms with Crippen LogP contribution in [0.15, 0.2) is 42.7 Å². The molecule has 1 aromatic carbocycles. The minimum atomic E-state index is 0.652. The summed E-state index contributed by atoms with van der Waals surface area (Å²) in [5.74, 6) is 1.40. The number of aromatic nitrogens is 2. The highest BCUT2D eigenvalue weighted by molar-refractivity contribution is 5.56. The lowest BCUT2D eigenvalue weighted by atomic mass is 10.2. The molecule has 0 aliphatic heterocycles. The van der Waals surface area contributed by atoms with Crippen LogP contribution in [0.3, 0.4) is 0 Å². The van der Waals surface area contributed by atoms with Crippen molar-refractivity contribution in [2.45, 2.75) is 27.3 Å². The highest BCUT2D eigenvalue weighted by atomic mass is 15.2. The van der Waals surface area contributed by atoms with Crippen LogP contribution >= 0.6 is 0 Å². The average molecular weight is 284 g/mol. The highest BCUT2D eigenvalue weighted by Crippen LogP contribution is 2.20. The number of rotatable bonds is 7. The summed E-state index contributed by atoms with van der Waals surface area (Å²) in [4.78, 5) is 11.1. The second kappa shape index (κ2) is 7.74. The minimum Gasteiger partial charge on any atom is -0.312 e. The van der Waals surface area contributed by atoms with E-state index in [-0.39, 0.29) is 0 Å². The van der Waals surface area contributed by atoms with Crippen LogP contribution in [-0.2, 0) is 6.54 Å². The molecule has 2 aromatic rings. The van der Waals surface area contributed by atoms with Gasteiger partial charge in [-0.05, 0) is 31.5 Å². The van der Waals surface area contributed by atoms with Gasteiger partial charge in [0.2, 0.25) is 5.95 Å². The van der Waals surface area contributed by atoms with E-state index < -0.39 is 0 Å². The fourth-order valence-corrected chi connectivity index (χ4v) is 2.13. The predicted octanol–water partition coefficient (Wildman–Crippen LogP) is 3.38. The quantitative estimate of drug-likeness (QED) is 0.846. The Balaban J connectivity index is 2.03. The zero-order valence-corrected chi connectivity index (χ0v) is 13.1. The Morgan fingerprint density at radius 1 is 1.10 bits per heavy atom. The molecule has 21 heavy (non-hydrogen) atoms. The van der Waals surface area contributed by atoms with Crippen LogP contribution in [0, 0.1) is 5.92 Å². The van der Waals surface area contributed by atoms with E-state index in [1.54, 1.807) is 0 Å². The van der Waals surface area contributed by atoms with Crippen molar-refractivity contribution in [3.05, 3.63) is 48.3 Å². The van der Waals surface area contributed by atoms with Crippen molar-refractivity contribution in [1.82, 2.24) is 15.3 Å². The van der Waals surface area contributed by atoms with Gasteiger partial charge in [0, 0.05) is 36.7 Å². The fourth-order valence-electron chi connectivity index (χ4n) is 2.13. The third-order valence-electron chi connectivity index (χ3n) is 3.20. The minimum absolute atomic E-state index is 0.652. The van der Waals surface area contributed by atoms with Gasteiger partial charge in [-0.15, -0.1) is 0 Å². The van der Waals surface area contributed by atoms with Gasteiger partial charge in [-0.25, -0.2) is 9.97 Å². The van der Waals surface area contributed by atoms with Crippen LogP contribution in [0.25, 0.3) is 0 Å². The molecule has 0 aliphatic carbocycles. The molecule has 112 valence electrons. The summed E-state index contributed by atoms with van der Waals surface area (Å²) in [6, 6.07) is 10.2. The van der Waals surface area contributed by atoms with Crippen molar-refractivity contribution in [3.8, 4) is 0 Å². The Labute approximate surface area is 127 Å². The molecule has 0 bridgehead atoms. The summed E-state index contributed by atoms with van der Waals surface area (Å²) < 4.78 is 0. The number of benzene rings is 1. The maximum atomic E-state index is 4.50. The molecular formula is C17H24N4. The summed E-state index contributed by atoms with van der Waals surface area (Å²) in [7, 11) is 0. The average Bonchev–Trinajstić information content (AvgIpc) is 2.50. The van der Waals surface area contributed by atoms with Crippen molar-refractivity contribution in [2.75, 3.05) is 18.0 Å². The molecule has 0 radical (unpaired) electrons. The first-order valence-corrected chi connectivity index (χ1v) is 7.55. The van der Waals surface area contributed by atoms with Gasteiger partial charge in [-0.3, -0.25) is 0 Å². The smallest absolute Gasteiger partial charge is 0.229 e. The molecule has 0 aliphatic rings. The normalized spacial score (nSPS) is 10.9. The standard InChI is InChI=1S/C17H24N4/c1-4-21(16-8-6-5-7-9-16)17-19-12-15(13-20-17)11-18-10-14(2)3/h5-9,12-14,18H,4,10-11H2,1-3H3. The summed E-state index contributed by atoms with van der Waals surface area (Å²) in [5, 5.41) is 3.40. The molecule has 0 saturated heterocycles. The van der Waals surface area contributed by atoms with Crippen LogP contribution in [0.5, 0.6) is 0 Å². The van der Waals surface area contributed by atoms with Crippen LogP contribution in [0.1, 0.15) is 26.3 Å². The molecule has 0 atom stereocenters. The largest absolute Gasteiger partial charge is 0.312 e. The van der Waals surface area contributed by atoms with Gasteiger partial charge in [0.1, 0.15) is 0 Å². The monoisotopic (exact) mass is 284 g/mol. The molecule has 1 N–H and O–H groups in total. The lowest BCUT2D eigenvalue weighted by Gasteiger charge is -2.20. The van der Waals surface area contributed by atoms with Gasteiger partial charge in [-0.2, -0.15) is 0 Å². The number of nitrogens with one attached hydrogen (secondary N) is 1. The van der Waals surface area contributed by atoms with E-state index in [0.29, 0.717) is 5.92 Å². The zero-order valence-electron chi connectivity index (χ0n) is 13.1. The second-order valence-corrected chi connectivity index (χ2v) is 5.50.